The summed E-state index contributed by atoms with van der Waals surface area (Å²) >= 11 is 0. The van der Waals surface area contributed by atoms with E-state index in [4.69, 9.17) is 4.74 Å². The number of benzene rings is 1. The third kappa shape index (κ3) is 8.86. The van der Waals surface area contributed by atoms with E-state index in [0.717, 1.165) is 24.0 Å². The number of hydrogen-bond acceptors (Lipinski definition) is 5. The molecule has 0 aliphatic carbocycles. The van der Waals surface area contributed by atoms with Gasteiger partial charge in [0.15, 0.2) is 0 Å². The molecule has 0 heterocycles. The second-order valence-electron chi connectivity index (χ2n) is 9.09. The largest absolute Gasteiger partial charge is 0.444 e. The number of nitrogens with zero attached hydrogens (tertiary/aromatic N) is 1. The first-order valence-corrected chi connectivity index (χ1v) is 11.2. The van der Waals surface area contributed by atoms with Crippen molar-refractivity contribution in [2.45, 2.75) is 79.0 Å². The Morgan fingerprint density at radius 1 is 1.12 bits per heavy atom. The molecule has 2 unspecified atom stereocenters. The van der Waals surface area contributed by atoms with E-state index in [0.29, 0.717) is 12.1 Å². The lowest BCUT2D eigenvalue weighted by Crippen LogP contribution is -2.52. The van der Waals surface area contributed by atoms with Gasteiger partial charge in [-0.1, -0.05) is 42.7 Å². The Labute approximate surface area is 191 Å². The summed E-state index contributed by atoms with van der Waals surface area (Å²) in [6.45, 7) is 12.7. The van der Waals surface area contributed by atoms with E-state index in [1.165, 1.54) is 11.8 Å². The number of aryl methyl sites for hydroxylation is 2. The zero-order valence-corrected chi connectivity index (χ0v) is 20.4. The van der Waals surface area contributed by atoms with Crippen LogP contribution in [-0.4, -0.2) is 59.3 Å². The van der Waals surface area contributed by atoms with Gasteiger partial charge in [-0.3, -0.25) is 9.59 Å². The van der Waals surface area contributed by atoms with Crippen LogP contribution in [0.1, 0.15) is 70.2 Å². The van der Waals surface area contributed by atoms with Crippen LogP contribution in [0, 0.1) is 13.8 Å². The quantitative estimate of drug-likeness (QED) is 0.476. The molecular formula is C24H39N3O5. The fraction of sp³-hybridized carbons (Fsp3) is 0.625. The molecule has 0 fully saturated rings. The van der Waals surface area contributed by atoms with Crippen LogP contribution >= 0.6 is 0 Å². The molecular weight excluding hydrogens is 410 g/mol. The average molecular weight is 450 g/mol. The number of aliphatic hydroxyl groups is 1. The molecule has 1 aromatic carbocycles. The van der Waals surface area contributed by atoms with Crippen molar-refractivity contribution in [2.75, 3.05) is 19.7 Å². The molecule has 0 radical (unpaired) electrons. The number of nitrogens with one attached hydrogen (secondary N) is 2. The summed E-state index contributed by atoms with van der Waals surface area (Å²) in [6.07, 6.45) is 1.01. The summed E-state index contributed by atoms with van der Waals surface area (Å²) in [4.78, 5) is 40.0. The Hall–Kier alpha value is -2.61. The zero-order valence-electron chi connectivity index (χ0n) is 20.4. The number of alkyl carbamates (subject to hydrolysis) is 1. The first-order chi connectivity index (χ1) is 14.9. The molecule has 0 bridgehead atoms. The SMILES string of the molecule is CCCCNC(=O)C(c1cc(C)cc(C)c1)N(CCO)C(=O)C(C)NC(=O)OC(C)(C)C. The van der Waals surface area contributed by atoms with Crippen molar-refractivity contribution in [1.29, 1.82) is 0 Å². The number of unbranched alkanes of at least 4 members (excludes halogenated alkanes) is 1. The Morgan fingerprint density at radius 2 is 1.72 bits per heavy atom. The van der Waals surface area contributed by atoms with Gasteiger partial charge in [-0.25, -0.2) is 4.79 Å². The van der Waals surface area contributed by atoms with Gasteiger partial charge in [0.05, 0.1) is 6.61 Å². The van der Waals surface area contributed by atoms with Gasteiger partial charge in [-0.2, -0.15) is 0 Å². The molecule has 0 aromatic heterocycles. The van der Waals surface area contributed by atoms with E-state index in [-0.39, 0.29) is 19.1 Å². The van der Waals surface area contributed by atoms with Crippen LogP contribution in [0.5, 0.6) is 0 Å². The lowest BCUT2D eigenvalue weighted by Gasteiger charge is -2.33. The minimum absolute atomic E-state index is 0.0575. The second-order valence-corrected chi connectivity index (χ2v) is 9.09. The Morgan fingerprint density at radius 3 is 2.22 bits per heavy atom. The van der Waals surface area contributed by atoms with Crippen molar-refractivity contribution in [3.8, 4) is 0 Å². The first-order valence-electron chi connectivity index (χ1n) is 11.2. The monoisotopic (exact) mass is 449 g/mol. The zero-order chi connectivity index (χ0) is 24.5. The maximum atomic E-state index is 13.3. The number of carbonyl (C=O) groups is 3. The van der Waals surface area contributed by atoms with Gasteiger partial charge in [0.25, 0.3) is 0 Å². The third-order valence-electron chi connectivity index (χ3n) is 4.68. The third-order valence-corrected chi connectivity index (χ3v) is 4.68. The average Bonchev–Trinajstić information content (AvgIpc) is 2.64. The molecule has 0 aliphatic heterocycles. The summed E-state index contributed by atoms with van der Waals surface area (Å²) in [5.74, 6) is -0.811. The minimum Gasteiger partial charge on any atom is -0.444 e. The van der Waals surface area contributed by atoms with Crippen LogP contribution in [0.25, 0.3) is 0 Å². The highest BCUT2D eigenvalue weighted by Crippen LogP contribution is 2.25. The molecule has 1 aromatic rings. The van der Waals surface area contributed by atoms with Crippen LogP contribution in [0.4, 0.5) is 4.79 Å². The Bertz CT molecular complexity index is 768. The van der Waals surface area contributed by atoms with Crippen molar-refractivity contribution in [3.63, 3.8) is 0 Å². The van der Waals surface area contributed by atoms with E-state index in [9.17, 15) is 19.5 Å². The van der Waals surface area contributed by atoms with Gasteiger partial charge in [0.2, 0.25) is 11.8 Å². The summed E-state index contributed by atoms with van der Waals surface area (Å²) in [5, 5.41) is 15.1. The van der Waals surface area contributed by atoms with Crippen LogP contribution in [0.15, 0.2) is 18.2 Å². The Kier molecular flexibility index (Phi) is 10.7. The van der Waals surface area contributed by atoms with E-state index in [1.54, 1.807) is 20.8 Å². The standard InChI is InChI=1S/C24H39N3O5/c1-8-9-10-25-21(29)20(19-14-16(2)13-17(3)15-19)27(11-12-28)22(30)18(4)26-23(31)32-24(5,6)7/h13-15,18,20,28H,8-12H2,1-7H3,(H,25,29)(H,26,31). The van der Waals surface area contributed by atoms with E-state index in [1.807, 2.05) is 39.0 Å². The number of rotatable bonds is 10. The molecule has 3 N–H and O–H groups in total. The summed E-state index contributed by atoms with van der Waals surface area (Å²) in [5.41, 5.74) is 1.87. The molecule has 0 spiro atoms. The van der Waals surface area contributed by atoms with Crippen LogP contribution in [0.2, 0.25) is 0 Å². The molecule has 2 atom stereocenters. The van der Waals surface area contributed by atoms with E-state index in [2.05, 4.69) is 10.6 Å². The van der Waals surface area contributed by atoms with Crippen molar-refractivity contribution in [2.24, 2.45) is 0 Å². The van der Waals surface area contributed by atoms with Crippen LogP contribution in [-0.2, 0) is 14.3 Å². The van der Waals surface area contributed by atoms with Crippen molar-refractivity contribution in [1.82, 2.24) is 15.5 Å². The topological polar surface area (TPSA) is 108 Å². The van der Waals surface area contributed by atoms with Gasteiger partial charge in [-0.05, 0) is 53.5 Å². The van der Waals surface area contributed by atoms with Crippen molar-refractivity contribution < 1.29 is 24.2 Å². The number of amides is 3. The number of carbonyl (C=O) groups excluding carboxylic acids is 3. The molecule has 0 saturated heterocycles. The summed E-state index contributed by atoms with van der Waals surface area (Å²) in [7, 11) is 0. The van der Waals surface area contributed by atoms with Crippen LogP contribution in [0.3, 0.4) is 0 Å². The molecule has 1 rings (SSSR count). The lowest BCUT2D eigenvalue weighted by molar-refractivity contribution is -0.142. The molecule has 3 amide bonds. The molecule has 32 heavy (non-hydrogen) atoms. The van der Waals surface area contributed by atoms with Gasteiger partial charge >= 0.3 is 6.09 Å². The molecule has 8 heteroatoms. The fourth-order valence-electron chi connectivity index (χ4n) is 3.39. The molecule has 180 valence electrons. The molecule has 0 aliphatic rings. The first kappa shape index (κ1) is 27.4. The van der Waals surface area contributed by atoms with Gasteiger partial charge in [0.1, 0.15) is 17.7 Å². The smallest absolute Gasteiger partial charge is 0.408 e. The maximum absolute atomic E-state index is 13.3. The Balaban J connectivity index is 3.25. The highest BCUT2D eigenvalue weighted by Gasteiger charge is 2.34. The normalized spacial score (nSPS) is 13.1. The number of aliphatic hydroxyl groups excluding tert-OH is 1. The maximum Gasteiger partial charge on any atom is 0.408 e. The predicted molar refractivity (Wildman–Crippen MR) is 124 cm³/mol. The predicted octanol–water partition coefficient (Wildman–Crippen LogP) is 2.99. The van der Waals surface area contributed by atoms with Gasteiger partial charge in [-0.15, -0.1) is 0 Å². The second kappa shape index (κ2) is 12.4. The van der Waals surface area contributed by atoms with Crippen molar-refractivity contribution >= 4 is 17.9 Å². The molecule has 0 saturated carbocycles. The summed E-state index contributed by atoms with van der Waals surface area (Å²) < 4.78 is 5.24. The summed E-state index contributed by atoms with van der Waals surface area (Å²) in [6, 6.07) is 3.82. The van der Waals surface area contributed by atoms with Crippen molar-refractivity contribution in [3.05, 3.63) is 34.9 Å². The highest BCUT2D eigenvalue weighted by atomic mass is 16.6. The molecule has 8 nitrogen and oxygen atoms in total. The lowest BCUT2D eigenvalue weighted by atomic mass is 9.98. The fourth-order valence-corrected chi connectivity index (χ4v) is 3.39. The van der Waals surface area contributed by atoms with E-state index >= 15 is 0 Å². The van der Waals surface area contributed by atoms with E-state index < -0.39 is 29.7 Å². The van der Waals surface area contributed by atoms with Gasteiger partial charge < -0.3 is 25.4 Å². The minimum atomic E-state index is -0.951. The highest BCUT2D eigenvalue weighted by molar-refractivity contribution is 5.92. The number of hydrogen-bond donors (Lipinski definition) is 3. The number of ether oxygens (including phenoxy) is 1. The van der Waals surface area contributed by atoms with Gasteiger partial charge in [0, 0.05) is 13.1 Å². The van der Waals surface area contributed by atoms with Crippen LogP contribution < -0.4 is 10.6 Å².